The summed E-state index contributed by atoms with van der Waals surface area (Å²) in [6, 6.07) is 0. The van der Waals surface area contributed by atoms with Gasteiger partial charge in [-0.05, 0) is 0 Å². The van der Waals surface area contributed by atoms with Crippen molar-refractivity contribution in [2.24, 2.45) is 0 Å². The molecule has 0 saturated carbocycles. The summed E-state index contributed by atoms with van der Waals surface area (Å²) in [5, 5.41) is 0. The van der Waals surface area contributed by atoms with E-state index in [0.717, 1.165) is 0 Å². The van der Waals surface area contributed by atoms with Crippen LogP contribution in [-0.2, 0) is 7.88 Å². The molecule has 13 heavy (non-hydrogen) atoms. The van der Waals surface area contributed by atoms with Crippen molar-refractivity contribution >= 4 is 0 Å². The SMILES string of the molecule is C[C]12[CH]3[CH]4[CH]5[CH]1[Os]45321678[CH]2[CH]1[CH]6[C]7(C)[CH]28. The molecule has 1 heteroatoms. The minimum absolute atomic E-state index is 1.18. The standard InChI is InChI=1S/2C6H7.Os/c2*1-6-4-2-3-5-6;/h2*2-5H,1H3;. The normalized spacial score (nSPS) is 158. The van der Waals surface area contributed by atoms with Gasteiger partial charge in [-0.25, -0.2) is 0 Å². The van der Waals surface area contributed by atoms with Gasteiger partial charge in [0, 0.05) is 0 Å². The third-order valence-electron chi connectivity index (χ3n) is 16.3. The summed E-state index contributed by atoms with van der Waals surface area (Å²) in [5.41, 5.74) is 0. The average molecular weight is 348 g/mol. The first-order valence-electron chi connectivity index (χ1n) is 6.14. The molecule has 0 amide bonds. The molecule has 10 rings (SSSR count). The number of hydrogen-bond donors (Lipinski definition) is 0. The number of rotatable bonds is 0. The molecule has 0 nitrogen and oxygen atoms in total. The van der Waals surface area contributed by atoms with Gasteiger partial charge in [0.25, 0.3) is 0 Å². The molecule has 10 aliphatic rings. The maximum atomic E-state index is 2.83. The van der Waals surface area contributed by atoms with Crippen LogP contribution in [0.1, 0.15) is 13.8 Å². The summed E-state index contributed by atoms with van der Waals surface area (Å²) in [5.74, 6) is 0. The van der Waals surface area contributed by atoms with E-state index in [1.807, 2.05) is 0 Å². The fraction of sp³-hybridized carbons (Fsp3) is 1.00. The molecule has 0 aliphatic carbocycles. The first-order chi connectivity index (χ1) is 5.93. The van der Waals surface area contributed by atoms with Crippen LogP contribution >= 0.6 is 0 Å². The Labute approximate surface area is 65.5 Å². The maximum absolute atomic E-state index is 3.03. The molecule has 10 saturated heterocycles. The van der Waals surface area contributed by atoms with Gasteiger partial charge in [-0.15, -0.1) is 0 Å². The molecule has 70 valence electrons. The van der Waals surface area contributed by atoms with Crippen molar-refractivity contribution in [1.82, 2.24) is 0 Å². The van der Waals surface area contributed by atoms with Crippen LogP contribution in [0.15, 0.2) is 0 Å². The molecular formula is C12H14Os. The average Bonchev–Trinajstić information content (AvgIpc) is 3.01. The van der Waals surface area contributed by atoms with Crippen molar-refractivity contribution in [2.75, 3.05) is 0 Å². The van der Waals surface area contributed by atoms with Crippen LogP contribution in [0.3, 0.4) is 0 Å². The summed E-state index contributed by atoms with van der Waals surface area (Å²) >= 11 is 0. The van der Waals surface area contributed by atoms with Gasteiger partial charge in [0.15, 0.2) is 0 Å². The first-order valence-corrected chi connectivity index (χ1v) is 20.4. The van der Waals surface area contributed by atoms with E-state index in [1.54, 1.807) is 17.9 Å². The summed E-state index contributed by atoms with van der Waals surface area (Å²) in [7, 11) is -3.03. The van der Waals surface area contributed by atoms with Crippen LogP contribution in [0.2, 0.25) is 43.7 Å². The third-order valence-corrected chi connectivity index (χ3v) is 121. The van der Waals surface area contributed by atoms with Gasteiger partial charge in [0.1, 0.15) is 0 Å². The fourth-order valence-electron chi connectivity index (χ4n) is 18.8. The Morgan fingerprint density at radius 1 is 0.692 bits per heavy atom. The number of fused-ring (bicyclic) bond motifs is 10. The predicted molar refractivity (Wildman–Crippen MR) is 46.7 cm³/mol. The zero-order valence-corrected chi connectivity index (χ0v) is 10.5. The van der Waals surface area contributed by atoms with Gasteiger partial charge in [0.05, 0.1) is 0 Å². The molecule has 0 N–H and O–H groups in total. The van der Waals surface area contributed by atoms with Gasteiger partial charge < -0.3 is 0 Å². The van der Waals surface area contributed by atoms with Crippen molar-refractivity contribution in [3.8, 4) is 0 Å². The molecule has 0 radical (unpaired) electrons. The fourth-order valence-corrected chi connectivity index (χ4v) is 251. The van der Waals surface area contributed by atoms with E-state index in [0.29, 0.717) is 0 Å². The van der Waals surface area contributed by atoms with Gasteiger partial charge in [0.2, 0.25) is 0 Å². The third kappa shape index (κ3) is 0.0278. The van der Waals surface area contributed by atoms with Crippen LogP contribution in [0.5, 0.6) is 0 Å². The predicted octanol–water partition coefficient (Wildman–Crippen LogP) is 4.16. The van der Waals surface area contributed by atoms with Crippen LogP contribution in [-0.4, -0.2) is 0 Å². The van der Waals surface area contributed by atoms with E-state index in [4.69, 9.17) is 0 Å². The molecule has 0 aromatic rings. The Balaban J connectivity index is 2.19. The van der Waals surface area contributed by atoms with Crippen LogP contribution < -0.4 is 0 Å². The zero-order valence-electron chi connectivity index (χ0n) is 7.97. The summed E-state index contributed by atoms with van der Waals surface area (Å²) < 4.78 is 14.7. The van der Waals surface area contributed by atoms with E-state index < -0.39 is 7.88 Å². The van der Waals surface area contributed by atoms with Crippen molar-refractivity contribution in [3.05, 3.63) is 0 Å². The van der Waals surface area contributed by atoms with Crippen molar-refractivity contribution in [1.29, 1.82) is 0 Å². The Morgan fingerprint density at radius 3 is 1.00 bits per heavy atom. The zero-order chi connectivity index (χ0) is 7.94. The van der Waals surface area contributed by atoms with Gasteiger partial charge in [-0.3, -0.25) is 0 Å². The summed E-state index contributed by atoms with van der Waals surface area (Å²) in [6.45, 7) is 5.67. The Morgan fingerprint density at radius 2 is 1.00 bits per heavy atom. The van der Waals surface area contributed by atoms with E-state index in [2.05, 4.69) is 13.8 Å². The number of hydrogen-bond acceptors (Lipinski definition) is 0. The Bertz CT molecular complexity index is 821. The molecule has 0 bridgehead atoms. The molecule has 10 aliphatic heterocycles. The van der Waals surface area contributed by atoms with E-state index >= 15 is 0 Å². The second kappa shape index (κ2) is 0.257. The van der Waals surface area contributed by atoms with Crippen LogP contribution in [0.4, 0.5) is 0 Å². The first kappa shape index (κ1) is 4.25. The van der Waals surface area contributed by atoms with Gasteiger partial charge >= 0.3 is 65.4 Å². The molecule has 0 aromatic carbocycles. The minimum atomic E-state index is -3.03. The quantitative estimate of drug-likeness (QED) is 0.617. The molecule has 1 spiro atoms. The molecule has 0 aromatic heterocycles. The van der Waals surface area contributed by atoms with Crippen molar-refractivity contribution in [3.63, 3.8) is 0 Å². The van der Waals surface area contributed by atoms with Crippen molar-refractivity contribution < 1.29 is 7.88 Å². The van der Waals surface area contributed by atoms with Gasteiger partial charge in [-0.2, -0.15) is 0 Å². The van der Waals surface area contributed by atoms with Crippen LogP contribution in [0, 0.1) is 0 Å². The second-order valence-corrected chi connectivity index (χ2v) is 65.2. The molecule has 10 fully saturated rings. The van der Waals surface area contributed by atoms with E-state index in [9.17, 15) is 0 Å². The van der Waals surface area contributed by atoms with Crippen molar-refractivity contribution in [2.45, 2.75) is 57.6 Å². The molecule has 8 unspecified atom stereocenters. The second-order valence-electron chi connectivity index (χ2n) is 10.5. The summed E-state index contributed by atoms with van der Waals surface area (Å²) in [4.78, 5) is 0. The topological polar surface area (TPSA) is 0 Å². The monoisotopic (exact) mass is 350 g/mol. The van der Waals surface area contributed by atoms with Crippen LogP contribution in [0.25, 0.3) is 0 Å². The Kier molecular flexibility index (Phi) is 0.0839. The van der Waals surface area contributed by atoms with E-state index in [1.165, 1.54) is 25.8 Å². The molecular weight excluding hydrogens is 334 g/mol. The summed E-state index contributed by atoms with van der Waals surface area (Å²) in [6.07, 6.45) is 0. The molecule has 8 atom stereocenters. The Hall–Kier alpha value is 0.636. The van der Waals surface area contributed by atoms with Gasteiger partial charge in [-0.1, -0.05) is 0 Å². The van der Waals surface area contributed by atoms with E-state index in [-0.39, 0.29) is 0 Å². The molecule has 10 heterocycles.